The van der Waals surface area contributed by atoms with E-state index in [1.165, 1.54) is 22.6 Å². The quantitative estimate of drug-likeness (QED) is 0.779. The maximum Gasteiger partial charge on any atom is 0.119 e. The van der Waals surface area contributed by atoms with Gasteiger partial charge in [0.05, 0.1) is 4.58 Å². The third-order valence-electron chi connectivity index (χ3n) is 3.81. The predicted octanol–water partition coefficient (Wildman–Crippen LogP) is 5.69. The molecule has 3 rings (SSSR count). The first kappa shape index (κ1) is 15.6. The smallest absolute Gasteiger partial charge is 0.119 e. The Labute approximate surface area is 140 Å². The second-order valence-corrected chi connectivity index (χ2v) is 8.17. The van der Waals surface area contributed by atoms with Crippen LogP contribution < -0.4 is 0 Å². The summed E-state index contributed by atoms with van der Waals surface area (Å²) in [6, 6.07) is 16.3. The van der Waals surface area contributed by atoms with Crippen LogP contribution >= 0.6 is 23.5 Å². The monoisotopic (exact) mass is 328 g/mol. The molecule has 1 atom stereocenters. The Morgan fingerprint density at radius 3 is 2.55 bits per heavy atom. The average molecular weight is 329 g/mol. The first-order valence-electron chi connectivity index (χ1n) is 7.53. The minimum absolute atomic E-state index is 0.191. The number of thioether (sulfide) groups is 2. The molecule has 114 valence electrons. The summed E-state index contributed by atoms with van der Waals surface area (Å²) in [6.07, 6.45) is 4.28. The van der Waals surface area contributed by atoms with Crippen molar-refractivity contribution in [3.63, 3.8) is 0 Å². The first-order valence-corrected chi connectivity index (χ1v) is 9.63. The fraction of sp³-hybridized carbons (Fsp3) is 0.263. The Kier molecular flexibility index (Phi) is 5.16. The first-order chi connectivity index (χ1) is 10.7. The number of hydrogen-bond donors (Lipinski definition) is 1. The molecule has 1 heterocycles. The molecule has 1 saturated heterocycles. The van der Waals surface area contributed by atoms with Crippen LogP contribution in [0.1, 0.15) is 34.1 Å². The lowest BCUT2D eigenvalue weighted by Gasteiger charge is -2.14. The van der Waals surface area contributed by atoms with E-state index in [1.54, 1.807) is 0 Å². The summed E-state index contributed by atoms with van der Waals surface area (Å²) in [4.78, 5) is 0. The van der Waals surface area contributed by atoms with Crippen LogP contribution in [0.3, 0.4) is 0 Å². The van der Waals surface area contributed by atoms with E-state index in [-0.39, 0.29) is 5.92 Å². The minimum Gasteiger partial charge on any atom is -0.508 e. The van der Waals surface area contributed by atoms with Gasteiger partial charge in [0.2, 0.25) is 0 Å². The van der Waals surface area contributed by atoms with E-state index in [1.807, 2.05) is 47.8 Å². The van der Waals surface area contributed by atoms with Crippen molar-refractivity contribution in [3.8, 4) is 5.75 Å². The molecular formula is C19H20OS2. The van der Waals surface area contributed by atoms with Crippen LogP contribution in [0.5, 0.6) is 5.75 Å². The van der Waals surface area contributed by atoms with Gasteiger partial charge >= 0.3 is 0 Å². The highest BCUT2D eigenvalue weighted by molar-refractivity contribution is 8.19. The van der Waals surface area contributed by atoms with E-state index in [4.69, 9.17) is 0 Å². The van der Waals surface area contributed by atoms with Gasteiger partial charge in [0.15, 0.2) is 0 Å². The van der Waals surface area contributed by atoms with Crippen LogP contribution in [0.15, 0.2) is 54.6 Å². The third-order valence-corrected chi connectivity index (χ3v) is 6.92. The Hall–Kier alpha value is -1.32. The number of phenols is 1. The Morgan fingerprint density at radius 1 is 1.09 bits per heavy atom. The van der Waals surface area contributed by atoms with Gasteiger partial charge in [0.1, 0.15) is 5.75 Å². The zero-order chi connectivity index (χ0) is 15.4. The van der Waals surface area contributed by atoms with Crippen molar-refractivity contribution >= 4 is 29.6 Å². The number of aromatic hydroxyl groups is 1. The molecule has 0 saturated carbocycles. The van der Waals surface area contributed by atoms with Crippen LogP contribution in [-0.2, 0) is 0 Å². The van der Waals surface area contributed by atoms with Gasteiger partial charge in [0.25, 0.3) is 0 Å². The highest BCUT2D eigenvalue weighted by atomic mass is 32.2. The van der Waals surface area contributed by atoms with Crippen molar-refractivity contribution in [1.29, 1.82) is 0 Å². The highest BCUT2D eigenvalue weighted by Gasteiger charge is 2.20. The summed E-state index contributed by atoms with van der Waals surface area (Å²) in [6.45, 7) is 2.13. The third kappa shape index (κ3) is 3.71. The van der Waals surface area contributed by atoms with Crippen molar-refractivity contribution in [2.75, 3.05) is 11.5 Å². The zero-order valence-corrected chi connectivity index (χ0v) is 14.2. The van der Waals surface area contributed by atoms with Crippen LogP contribution in [0.2, 0.25) is 0 Å². The number of benzene rings is 2. The van der Waals surface area contributed by atoms with Gasteiger partial charge in [-0.25, -0.2) is 0 Å². The second-order valence-electron chi connectivity index (χ2n) is 5.45. The maximum absolute atomic E-state index is 10.2. The lowest BCUT2D eigenvalue weighted by atomic mass is 9.97. The number of allylic oxidation sites excluding steroid dienone is 1. The largest absolute Gasteiger partial charge is 0.508 e. The molecule has 1 fully saturated rings. The van der Waals surface area contributed by atoms with Crippen molar-refractivity contribution in [2.45, 2.75) is 17.4 Å². The normalized spacial score (nSPS) is 17.1. The van der Waals surface area contributed by atoms with E-state index < -0.39 is 0 Å². The summed E-state index contributed by atoms with van der Waals surface area (Å²) in [5.41, 5.74) is 3.52. The molecule has 0 aromatic heterocycles. The highest BCUT2D eigenvalue weighted by Crippen LogP contribution is 2.46. The standard InChI is InChI=1S/C19H20OS2/c1-14(7-8-15-5-3-2-4-6-15)17-13-16(9-10-18(17)20)19-21-11-12-22-19/h2-10,13-14,19-20H,11-12H2,1H3/b8-7-. The van der Waals surface area contributed by atoms with E-state index in [0.717, 1.165) is 5.56 Å². The Morgan fingerprint density at radius 2 is 1.82 bits per heavy atom. The summed E-state index contributed by atoms with van der Waals surface area (Å²) < 4.78 is 0.518. The van der Waals surface area contributed by atoms with Gasteiger partial charge in [0, 0.05) is 23.0 Å². The van der Waals surface area contributed by atoms with E-state index in [9.17, 15) is 5.11 Å². The van der Waals surface area contributed by atoms with Gasteiger partial charge in [-0.1, -0.05) is 55.5 Å². The van der Waals surface area contributed by atoms with Crippen molar-refractivity contribution in [1.82, 2.24) is 0 Å². The van der Waals surface area contributed by atoms with Crippen molar-refractivity contribution < 1.29 is 5.11 Å². The Bertz CT molecular complexity index is 646. The molecular weight excluding hydrogens is 308 g/mol. The summed E-state index contributed by atoms with van der Waals surface area (Å²) >= 11 is 3.99. The molecule has 2 aromatic carbocycles. The molecule has 2 aromatic rings. The molecule has 1 N–H and O–H groups in total. The predicted molar refractivity (Wildman–Crippen MR) is 99.7 cm³/mol. The number of rotatable bonds is 4. The van der Waals surface area contributed by atoms with Gasteiger partial charge in [-0.2, -0.15) is 0 Å². The molecule has 0 bridgehead atoms. The van der Waals surface area contributed by atoms with E-state index >= 15 is 0 Å². The van der Waals surface area contributed by atoms with Crippen LogP contribution in [0.25, 0.3) is 6.08 Å². The van der Waals surface area contributed by atoms with Crippen molar-refractivity contribution in [3.05, 3.63) is 71.3 Å². The molecule has 1 aliphatic heterocycles. The molecule has 1 aliphatic rings. The Balaban J connectivity index is 1.80. The maximum atomic E-state index is 10.2. The van der Waals surface area contributed by atoms with Crippen molar-refractivity contribution in [2.24, 2.45) is 0 Å². The minimum atomic E-state index is 0.191. The fourth-order valence-electron chi connectivity index (χ4n) is 2.56. The molecule has 0 radical (unpaired) electrons. The molecule has 1 nitrogen and oxygen atoms in total. The molecule has 3 heteroatoms. The SMILES string of the molecule is CC(/C=C\c1ccccc1)c1cc(C2SCCS2)ccc1O. The van der Waals surface area contributed by atoms with E-state index in [0.29, 0.717) is 10.3 Å². The van der Waals surface area contributed by atoms with Crippen LogP contribution in [0, 0.1) is 0 Å². The van der Waals surface area contributed by atoms with Crippen LogP contribution in [0.4, 0.5) is 0 Å². The zero-order valence-electron chi connectivity index (χ0n) is 12.6. The average Bonchev–Trinajstić information content (AvgIpc) is 3.08. The van der Waals surface area contributed by atoms with Gasteiger partial charge in [-0.05, 0) is 23.3 Å². The summed E-state index contributed by atoms with van der Waals surface area (Å²) in [5.74, 6) is 3.02. The molecule has 22 heavy (non-hydrogen) atoms. The van der Waals surface area contributed by atoms with Gasteiger partial charge in [-0.15, -0.1) is 23.5 Å². The molecule has 0 amide bonds. The molecule has 0 aliphatic carbocycles. The second kappa shape index (κ2) is 7.30. The van der Waals surface area contributed by atoms with Crippen LogP contribution in [-0.4, -0.2) is 16.6 Å². The summed E-state index contributed by atoms with van der Waals surface area (Å²) in [7, 11) is 0. The fourth-order valence-corrected chi connectivity index (χ4v) is 5.40. The molecule has 0 spiro atoms. The lowest BCUT2D eigenvalue weighted by molar-refractivity contribution is 0.466. The molecule has 1 unspecified atom stereocenters. The summed E-state index contributed by atoms with van der Waals surface area (Å²) in [5, 5.41) is 10.2. The number of phenolic OH excluding ortho intramolecular Hbond substituents is 1. The van der Waals surface area contributed by atoms with Gasteiger partial charge < -0.3 is 5.11 Å². The lowest BCUT2D eigenvalue weighted by Crippen LogP contribution is -1.94. The van der Waals surface area contributed by atoms with Gasteiger partial charge in [-0.3, -0.25) is 0 Å². The topological polar surface area (TPSA) is 20.2 Å². The van der Waals surface area contributed by atoms with E-state index in [2.05, 4.69) is 43.3 Å². The number of hydrogen-bond acceptors (Lipinski definition) is 3.